The summed E-state index contributed by atoms with van der Waals surface area (Å²) in [5, 5.41) is 0. The van der Waals surface area contributed by atoms with Crippen LogP contribution in [0.5, 0.6) is 0 Å². The Bertz CT molecular complexity index is 550. The van der Waals surface area contributed by atoms with E-state index in [1.54, 1.807) is 19.1 Å². The molecule has 2 aliphatic carbocycles. The lowest BCUT2D eigenvalue weighted by Gasteiger charge is -2.37. The number of hydrogen-bond donors (Lipinski definition) is 0. The molecule has 2 fully saturated rings. The molecule has 134 valence electrons. The summed E-state index contributed by atoms with van der Waals surface area (Å²) in [6.07, 6.45) is 6.77. The minimum atomic E-state index is -2.73. The van der Waals surface area contributed by atoms with Crippen molar-refractivity contribution in [2.75, 3.05) is 0 Å². The highest BCUT2D eigenvalue weighted by Gasteiger charge is 2.32. The van der Waals surface area contributed by atoms with Crippen molar-refractivity contribution in [2.24, 2.45) is 17.8 Å². The van der Waals surface area contributed by atoms with Crippen molar-refractivity contribution < 1.29 is 13.2 Å². The van der Waals surface area contributed by atoms with E-state index in [-0.39, 0.29) is 5.92 Å². The van der Waals surface area contributed by atoms with Gasteiger partial charge in [0.25, 0.3) is 6.43 Å². The lowest BCUT2D eigenvalue weighted by molar-refractivity contribution is 0.144. The molecule has 0 bridgehead atoms. The van der Waals surface area contributed by atoms with Crippen LogP contribution in [-0.2, 0) is 0 Å². The van der Waals surface area contributed by atoms with Gasteiger partial charge in [0.2, 0.25) is 0 Å². The molecule has 0 aliphatic heterocycles. The molecule has 24 heavy (non-hydrogen) atoms. The number of hydrogen-bond acceptors (Lipinski definition) is 0. The lowest BCUT2D eigenvalue weighted by atomic mass is 9.68. The maximum Gasteiger partial charge on any atom is 0.266 e. The van der Waals surface area contributed by atoms with Gasteiger partial charge in [0.05, 0.1) is 5.56 Å². The predicted molar refractivity (Wildman–Crippen MR) is 91.9 cm³/mol. The van der Waals surface area contributed by atoms with Crippen LogP contribution >= 0.6 is 0 Å². The molecule has 0 spiro atoms. The molecule has 3 rings (SSSR count). The van der Waals surface area contributed by atoms with Crippen LogP contribution in [0, 0.1) is 30.5 Å². The third-order valence-corrected chi connectivity index (χ3v) is 6.58. The highest BCUT2D eigenvalue weighted by Crippen LogP contribution is 2.45. The Kier molecular flexibility index (Phi) is 5.56. The summed E-state index contributed by atoms with van der Waals surface area (Å²) in [6.45, 7) is 3.91. The summed E-state index contributed by atoms with van der Waals surface area (Å²) in [7, 11) is 0. The molecule has 2 saturated carbocycles. The van der Waals surface area contributed by atoms with E-state index in [9.17, 15) is 13.2 Å². The second-order valence-electron chi connectivity index (χ2n) is 8.13. The van der Waals surface area contributed by atoms with E-state index in [1.165, 1.54) is 25.7 Å². The second kappa shape index (κ2) is 7.49. The van der Waals surface area contributed by atoms with Crippen LogP contribution in [0.3, 0.4) is 0 Å². The maximum absolute atomic E-state index is 14.6. The molecule has 0 atom stereocenters. The van der Waals surface area contributed by atoms with E-state index >= 15 is 0 Å². The van der Waals surface area contributed by atoms with E-state index in [0.29, 0.717) is 11.1 Å². The predicted octanol–water partition coefficient (Wildman–Crippen LogP) is 7.17. The number of benzene rings is 1. The standard InChI is InChI=1S/C21H29F3/c1-13-3-6-15(7-4-13)16-8-10-17(11-9-16)18-12-5-14(2)19(20(18)22)21(23)24/h5,12-13,15-17,21H,3-4,6-11H2,1-2H3. The van der Waals surface area contributed by atoms with Crippen LogP contribution in [0.1, 0.15) is 87.3 Å². The van der Waals surface area contributed by atoms with Crippen LogP contribution in [0.4, 0.5) is 13.2 Å². The van der Waals surface area contributed by atoms with E-state index in [4.69, 9.17) is 0 Å². The first kappa shape index (κ1) is 17.8. The molecule has 1 aromatic rings. The van der Waals surface area contributed by atoms with E-state index < -0.39 is 17.8 Å². The number of halogens is 3. The zero-order valence-corrected chi connectivity index (χ0v) is 14.8. The monoisotopic (exact) mass is 338 g/mol. The zero-order valence-electron chi connectivity index (χ0n) is 14.8. The molecule has 1 aromatic carbocycles. The van der Waals surface area contributed by atoms with Crippen molar-refractivity contribution in [2.45, 2.75) is 77.6 Å². The molecular formula is C21H29F3. The van der Waals surface area contributed by atoms with E-state index in [0.717, 1.165) is 43.4 Å². The van der Waals surface area contributed by atoms with Crippen LogP contribution in [0.2, 0.25) is 0 Å². The van der Waals surface area contributed by atoms with Crippen molar-refractivity contribution in [1.82, 2.24) is 0 Å². The fourth-order valence-corrected chi connectivity index (χ4v) is 4.95. The Balaban J connectivity index is 1.66. The molecule has 0 radical (unpaired) electrons. The second-order valence-corrected chi connectivity index (χ2v) is 8.13. The maximum atomic E-state index is 14.6. The molecule has 0 amide bonds. The van der Waals surface area contributed by atoms with Crippen LogP contribution in [-0.4, -0.2) is 0 Å². The summed E-state index contributed by atoms with van der Waals surface area (Å²) < 4.78 is 40.8. The summed E-state index contributed by atoms with van der Waals surface area (Å²) in [4.78, 5) is 0. The molecule has 3 heteroatoms. The van der Waals surface area contributed by atoms with Crippen LogP contribution < -0.4 is 0 Å². The van der Waals surface area contributed by atoms with Gasteiger partial charge in [-0.05, 0) is 80.2 Å². The minimum Gasteiger partial charge on any atom is -0.206 e. The third kappa shape index (κ3) is 3.65. The minimum absolute atomic E-state index is 0.113. The highest BCUT2D eigenvalue weighted by atomic mass is 19.3. The highest BCUT2D eigenvalue weighted by molar-refractivity contribution is 5.36. The van der Waals surface area contributed by atoms with Crippen LogP contribution in [0.25, 0.3) is 0 Å². The van der Waals surface area contributed by atoms with E-state index in [2.05, 4.69) is 6.92 Å². The summed E-state index contributed by atoms with van der Waals surface area (Å²) >= 11 is 0. The van der Waals surface area contributed by atoms with Gasteiger partial charge < -0.3 is 0 Å². The zero-order chi connectivity index (χ0) is 17.3. The van der Waals surface area contributed by atoms with Gasteiger partial charge in [-0.3, -0.25) is 0 Å². The first-order chi connectivity index (χ1) is 11.5. The first-order valence-electron chi connectivity index (χ1n) is 9.54. The van der Waals surface area contributed by atoms with Crippen molar-refractivity contribution in [3.63, 3.8) is 0 Å². The fraction of sp³-hybridized carbons (Fsp3) is 0.714. The van der Waals surface area contributed by atoms with Crippen molar-refractivity contribution in [3.8, 4) is 0 Å². The van der Waals surface area contributed by atoms with Gasteiger partial charge in [-0.2, -0.15) is 0 Å². The lowest BCUT2D eigenvalue weighted by Crippen LogP contribution is -2.25. The molecule has 0 unspecified atom stereocenters. The Labute approximate surface area is 143 Å². The Morgan fingerprint density at radius 2 is 1.42 bits per heavy atom. The normalized spacial score (nSPS) is 31.4. The Morgan fingerprint density at radius 3 is 1.96 bits per heavy atom. The van der Waals surface area contributed by atoms with Gasteiger partial charge in [0.15, 0.2) is 0 Å². The van der Waals surface area contributed by atoms with Crippen molar-refractivity contribution >= 4 is 0 Å². The number of alkyl halides is 2. The molecule has 0 aromatic heterocycles. The van der Waals surface area contributed by atoms with Crippen molar-refractivity contribution in [1.29, 1.82) is 0 Å². The van der Waals surface area contributed by atoms with Crippen LogP contribution in [0.15, 0.2) is 12.1 Å². The summed E-state index contributed by atoms with van der Waals surface area (Å²) in [5.74, 6) is 1.92. The average Bonchev–Trinajstić information content (AvgIpc) is 2.56. The number of rotatable bonds is 3. The topological polar surface area (TPSA) is 0 Å². The largest absolute Gasteiger partial charge is 0.266 e. The van der Waals surface area contributed by atoms with E-state index in [1.807, 2.05) is 0 Å². The van der Waals surface area contributed by atoms with Gasteiger partial charge in [0.1, 0.15) is 5.82 Å². The average molecular weight is 338 g/mol. The van der Waals surface area contributed by atoms with Gasteiger partial charge in [0, 0.05) is 0 Å². The molecular weight excluding hydrogens is 309 g/mol. The molecule has 0 nitrogen and oxygen atoms in total. The quantitative estimate of drug-likeness (QED) is 0.548. The molecule has 0 N–H and O–H groups in total. The number of aryl methyl sites for hydroxylation is 1. The third-order valence-electron chi connectivity index (χ3n) is 6.58. The van der Waals surface area contributed by atoms with Gasteiger partial charge in [-0.15, -0.1) is 0 Å². The van der Waals surface area contributed by atoms with Crippen molar-refractivity contribution in [3.05, 3.63) is 34.6 Å². The fourth-order valence-electron chi connectivity index (χ4n) is 4.95. The summed E-state index contributed by atoms with van der Waals surface area (Å²) in [6, 6.07) is 3.40. The van der Waals surface area contributed by atoms with Gasteiger partial charge in [-0.25, -0.2) is 13.2 Å². The smallest absolute Gasteiger partial charge is 0.206 e. The summed E-state index contributed by atoms with van der Waals surface area (Å²) in [5.41, 5.74) is 0.485. The Morgan fingerprint density at radius 1 is 0.875 bits per heavy atom. The van der Waals surface area contributed by atoms with Gasteiger partial charge >= 0.3 is 0 Å². The van der Waals surface area contributed by atoms with Gasteiger partial charge in [-0.1, -0.05) is 31.9 Å². The molecule has 2 aliphatic rings. The molecule has 0 heterocycles. The molecule has 0 saturated heterocycles. The first-order valence-corrected chi connectivity index (χ1v) is 9.54. The SMILES string of the molecule is Cc1ccc(C2CCC(C3CCC(C)CC3)CC2)c(F)c1C(F)F. The Hall–Kier alpha value is -0.990.